The Balaban J connectivity index is 1.81. The molecule has 0 bridgehead atoms. The minimum atomic E-state index is -0.448. The Kier molecular flexibility index (Phi) is 5.11. The van der Waals surface area contributed by atoms with E-state index in [9.17, 15) is 14.9 Å². The molecular formula is C19H13NO4S. The number of para-hydroxylation sites is 1. The molecule has 0 saturated carbocycles. The third-order valence-corrected chi connectivity index (χ3v) is 4.42. The number of carbonyl (C=O) groups excluding carboxylic acids is 1. The highest BCUT2D eigenvalue weighted by atomic mass is 32.2. The molecule has 5 nitrogen and oxygen atoms in total. The number of rotatable bonds is 5. The summed E-state index contributed by atoms with van der Waals surface area (Å²) in [6.45, 7) is 0. The normalized spacial score (nSPS) is 10.2. The number of benzene rings is 3. The van der Waals surface area contributed by atoms with Crippen molar-refractivity contribution in [2.45, 2.75) is 9.79 Å². The predicted octanol–water partition coefficient (Wildman–Crippen LogP) is 4.97. The van der Waals surface area contributed by atoms with E-state index in [0.717, 1.165) is 9.79 Å². The van der Waals surface area contributed by atoms with Gasteiger partial charge in [0.1, 0.15) is 5.75 Å². The Hall–Kier alpha value is -3.12. The molecule has 0 aromatic heterocycles. The second-order valence-corrected chi connectivity index (χ2v) is 6.17. The van der Waals surface area contributed by atoms with Crippen LogP contribution < -0.4 is 4.74 Å². The molecule has 3 aromatic rings. The van der Waals surface area contributed by atoms with E-state index in [0.29, 0.717) is 11.3 Å². The zero-order chi connectivity index (χ0) is 17.6. The van der Waals surface area contributed by atoms with Crippen molar-refractivity contribution >= 4 is 23.4 Å². The average molecular weight is 351 g/mol. The molecule has 0 unspecified atom stereocenters. The lowest BCUT2D eigenvalue weighted by Gasteiger charge is -2.09. The van der Waals surface area contributed by atoms with Crippen molar-refractivity contribution in [1.82, 2.24) is 0 Å². The van der Waals surface area contributed by atoms with Gasteiger partial charge in [0.2, 0.25) is 0 Å². The fourth-order valence-corrected chi connectivity index (χ4v) is 3.07. The number of hydrogen-bond donors (Lipinski definition) is 0. The van der Waals surface area contributed by atoms with Crippen molar-refractivity contribution < 1.29 is 14.5 Å². The van der Waals surface area contributed by atoms with Gasteiger partial charge >= 0.3 is 5.97 Å². The Labute approximate surface area is 148 Å². The topological polar surface area (TPSA) is 69.4 Å². The molecule has 0 N–H and O–H groups in total. The molecule has 3 rings (SSSR count). The lowest BCUT2D eigenvalue weighted by Crippen LogP contribution is -2.09. The fraction of sp³-hybridized carbons (Fsp3) is 0. The van der Waals surface area contributed by atoms with E-state index in [1.807, 2.05) is 18.2 Å². The van der Waals surface area contributed by atoms with E-state index in [1.54, 1.807) is 48.5 Å². The number of nitro benzene ring substituents is 1. The van der Waals surface area contributed by atoms with Crippen molar-refractivity contribution in [1.29, 1.82) is 0 Å². The van der Waals surface area contributed by atoms with Crippen LogP contribution in [0.5, 0.6) is 5.75 Å². The van der Waals surface area contributed by atoms with Gasteiger partial charge in [-0.2, -0.15) is 0 Å². The van der Waals surface area contributed by atoms with Crippen LogP contribution in [0.15, 0.2) is 88.7 Å². The van der Waals surface area contributed by atoms with Crippen LogP contribution in [-0.4, -0.2) is 10.9 Å². The number of esters is 1. The van der Waals surface area contributed by atoms with Crippen LogP contribution in [0, 0.1) is 10.1 Å². The van der Waals surface area contributed by atoms with Gasteiger partial charge in [-0.1, -0.05) is 42.1 Å². The quantitative estimate of drug-likeness (QED) is 0.281. The maximum Gasteiger partial charge on any atom is 0.344 e. The molecule has 3 aromatic carbocycles. The van der Waals surface area contributed by atoms with E-state index in [2.05, 4.69) is 0 Å². The largest absolute Gasteiger partial charge is 0.423 e. The van der Waals surface area contributed by atoms with Crippen molar-refractivity contribution in [3.8, 4) is 5.75 Å². The average Bonchev–Trinajstić information content (AvgIpc) is 2.63. The molecule has 0 atom stereocenters. The molecule has 6 heteroatoms. The van der Waals surface area contributed by atoms with Gasteiger partial charge < -0.3 is 4.74 Å². The van der Waals surface area contributed by atoms with Gasteiger partial charge in [-0.15, -0.1) is 0 Å². The van der Waals surface area contributed by atoms with Crippen LogP contribution in [0.3, 0.4) is 0 Å². The lowest BCUT2D eigenvalue weighted by atomic mass is 10.2. The van der Waals surface area contributed by atoms with Gasteiger partial charge in [0.05, 0.1) is 10.5 Å². The SMILES string of the molecule is O=C(Oc1ccccc1)c1ccccc1Sc1ccc([N+](=O)[O-])cc1. The van der Waals surface area contributed by atoms with Crippen molar-refractivity contribution in [2.24, 2.45) is 0 Å². The molecule has 25 heavy (non-hydrogen) atoms. The number of nitrogens with zero attached hydrogens (tertiary/aromatic N) is 1. The Morgan fingerprint density at radius 2 is 1.52 bits per heavy atom. The van der Waals surface area contributed by atoms with Crippen molar-refractivity contribution in [2.75, 3.05) is 0 Å². The summed E-state index contributed by atoms with van der Waals surface area (Å²) in [5.41, 5.74) is 0.468. The first-order valence-corrected chi connectivity index (χ1v) is 8.24. The predicted molar refractivity (Wildman–Crippen MR) is 95.1 cm³/mol. The van der Waals surface area contributed by atoms with E-state index >= 15 is 0 Å². The van der Waals surface area contributed by atoms with Gasteiger partial charge in [-0.05, 0) is 36.4 Å². The zero-order valence-electron chi connectivity index (χ0n) is 13.0. The summed E-state index contributed by atoms with van der Waals surface area (Å²) in [5.74, 6) is 0.0267. The first-order chi connectivity index (χ1) is 12.1. The first-order valence-electron chi connectivity index (χ1n) is 7.42. The molecule has 0 aliphatic heterocycles. The van der Waals surface area contributed by atoms with Crippen molar-refractivity contribution in [3.05, 3.63) is 94.5 Å². The Morgan fingerprint density at radius 1 is 0.880 bits per heavy atom. The Morgan fingerprint density at radius 3 is 2.20 bits per heavy atom. The van der Waals surface area contributed by atoms with E-state index < -0.39 is 10.9 Å². The highest BCUT2D eigenvalue weighted by Crippen LogP contribution is 2.32. The van der Waals surface area contributed by atoms with Crippen LogP contribution >= 0.6 is 11.8 Å². The zero-order valence-corrected chi connectivity index (χ0v) is 13.8. The first kappa shape index (κ1) is 16.7. The van der Waals surface area contributed by atoms with Crippen LogP contribution in [0.2, 0.25) is 0 Å². The summed E-state index contributed by atoms with van der Waals surface area (Å²) >= 11 is 1.35. The summed E-state index contributed by atoms with van der Waals surface area (Å²) in [4.78, 5) is 24.2. The van der Waals surface area contributed by atoms with Gasteiger partial charge in [-0.3, -0.25) is 10.1 Å². The molecule has 0 spiro atoms. The third-order valence-electron chi connectivity index (χ3n) is 3.34. The number of non-ortho nitro benzene ring substituents is 1. The molecule has 124 valence electrons. The fourth-order valence-electron chi connectivity index (χ4n) is 2.14. The molecule has 0 saturated heterocycles. The smallest absolute Gasteiger partial charge is 0.344 e. The van der Waals surface area contributed by atoms with Crippen LogP contribution in [0.1, 0.15) is 10.4 Å². The second kappa shape index (κ2) is 7.63. The molecule has 0 heterocycles. The third kappa shape index (κ3) is 4.24. The van der Waals surface area contributed by atoms with E-state index in [4.69, 9.17) is 4.74 Å². The second-order valence-electron chi connectivity index (χ2n) is 5.05. The number of carbonyl (C=O) groups is 1. The molecular weight excluding hydrogens is 338 g/mol. The maximum absolute atomic E-state index is 12.4. The molecule has 0 amide bonds. The van der Waals surface area contributed by atoms with Crippen molar-refractivity contribution in [3.63, 3.8) is 0 Å². The number of nitro groups is 1. The van der Waals surface area contributed by atoms with E-state index in [1.165, 1.54) is 23.9 Å². The summed E-state index contributed by atoms with van der Waals surface area (Å²) in [6, 6.07) is 22.1. The monoisotopic (exact) mass is 351 g/mol. The van der Waals surface area contributed by atoms with Crippen LogP contribution in [0.25, 0.3) is 0 Å². The lowest BCUT2D eigenvalue weighted by molar-refractivity contribution is -0.384. The maximum atomic E-state index is 12.4. The molecule has 0 radical (unpaired) electrons. The van der Waals surface area contributed by atoms with Gasteiger partial charge in [-0.25, -0.2) is 4.79 Å². The van der Waals surface area contributed by atoms with Gasteiger partial charge in [0.25, 0.3) is 5.69 Å². The highest BCUT2D eigenvalue weighted by molar-refractivity contribution is 7.99. The number of ether oxygens (including phenoxy) is 1. The van der Waals surface area contributed by atoms with Gasteiger partial charge in [0.15, 0.2) is 0 Å². The van der Waals surface area contributed by atoms with E-state index in [-0.39, 0.29) is 5.69 Å². The van der Waals surface area contributed by atoms with Crippen LogP contribution in [0.4, 0.5) is 5.69 Å². The standard InChI is InChI=1S/C19H13NO4S/c21-19(24-15-6-2-1-3-7-15)17-8-4-5-9-18(17)25-16-12-10-14(11-13-16)20(22)23/h1-13H. The minimum absolute atomic E-state index is 0.0288. The minimum Gasteiger partial charge on any atom is -0.423 e. The summed E-state index contributed by atoms with van der Waals surface area (Å²) < 4.78 is 5.39. The number of hydrogen-bond acceptors (Lipinski definition) is 5. The summed E-state index contributed by atoms with van der Waals surface area (Å²) in [6.07, 6.45) is 0. The highest BCUT2D eigenvalue weighted by Gasteiger charge is 2.15. The molecule has 0 fully saturated rings. The Bertz CT molecular complexity index is 895. The van der Waals surface area contributed by atoms with Gasteiger partial charge in [0, 0.05) is 21.9 Å². The summed E-state index contributed by atoms with van der Waals surface area (Å²) in [7, 11) is 0. The summed E-state index contributed by atoms with van der Waals surface area (Å²) in [5, 5.41) is 10.7. The van der Waals surface area contributed by atoms with Crippen LogP contribution in [-0.2, 0) is 0 Å². The molecule has 0 aliphatic carbocycles. The molecule has 0 aliphatic rings.